The minimum absolute atomic E-state index is 0.259. The predicted molar refractivity (Wildman–Crippen MR) is 217 cm³/mol. The molecule has 0 aliphatic carbocycles. The highest BCUT2D eigenvalue weighted by Gasteiger charge is 2.50. The summed E-state index contributed by atoms with van der Waals surface area (Å²) in [7, 11) is 0. The monoisotopic (exact) mass is 816 g/mol. The maximum Gasteiger partial charge on any atom is 0.220 e. The number of rotatable bonds is 31. The second-order valence-electron chi connectivity index (χ2n) is 15.5. The van der Waals surface area contributed by atoms with Gasteiger partial charge in [-0.3, -0.25) is 4.79 Å². The normalized spacial score (nSPS) is 29.4. The number of carbonyl (C=O) groups excluding carboxylic acids is 1. The Hall–Kier alpha value is -1.79. The molecule has 12 atom stereocenters. The molecule has 12 unspecified atom stereocenters. The number of nitrogens with one attached hydrogen (secondary N) is 1. The number of allylic oxidation sites excluding steroid dienone is 5. The lowest BCUT2D eigenvalue weighted by atomic mass is 9.97. The van der Waals surface area contributed by atoms with E-state index in [4.69, 9.17) is 18.9 Å². The van der Waals surface area contributed by atoms with E-state index in [-0.39, 0.29) is 18.9 Å². The van der Waals surface area contributed by atoms with Crippen molar-refractivity contribution in [2.75, 3.05) is 19.8 Å². The minimum atomic E-state index is -1.79. The van der Waals surface area contributed by atoms with Crippen molar-refractivity contribution < 1.29 is 64.6 Å². The Labute approximate surface area is 341 Å². The third-order valence-corrected chi connectivity index (χ3v) is 10.5. The summed E-state index contributed by atoms with van der Waals surface area (Å²) >= 11 is 0. The van der Waals surface area contributed by atoms with Crippen LogP contribution in [0.1, 0.15) is 136 Å². The number of aliphatic hydroxyl groups is 8. The van der Waals surface area contributed by atoms with E-state index in [9.17, 15) is 45.6 Å². The number of hydrogen-bond acceptors (Lipinski definition) is 13. The van der Waals surface area contributed by atoms with Gasteiger partial charge in [0.15, 0.2) is 12.6 Å². The predicted octanol–water partition coefficient (Wildman–Crippen LogP) is 3.59. The molecule has 0 aromatic rings. The third-order valence-electron chi connectivity index (χ3n) is 10.5. The molecule has 0 spiro atoms. The Kier molecular flexibility index (Phi) is 28.1. The average Bonchev–Trinajstić information content (AvgIpc) is 3.21. The Morgan fingerprint density at radius 2 is 1.12 bits per heavy atom. The van der Waals surface area contributed by atoms with Gasteiger partial charge in [0, 0.05) is 6.42 Å². The zero-order valence-corrected chi connectivity index (χ0v) is 34.6. The summed E-state index contributed by atoms with van der Waals surface area (Å²) in [6, 6.07) is -0.930. The quantitative estimate of drug-likeness (QED) is 0.0361. The largest absolute Gasteiger partial charge is 0.394 e. The smallest absolute Gasteiger partial charge is 0.220 e. The van der Waals surface area contributed by atoms with Gasteiger partial charge in [-0.25, -0.2) is 0 Å². The number of ether oxygens (including phenoxy) is 4. The molecule has 1 amide bonds. The van der Waals surface area contributed by atoms with Crippen LogP contribution in [-0.4, -0.2) is 140 Å². The minimum Gasteiger partial charge on any atom is -0.394 e. The molecular weight excluding hydrogens is 738 g/mol. The van der Waals surface area contributed by atoms with Crippen molar-refractivity contribution in [1.29, 1.82) is 0 Å². The molecule has 2 rings (SSSR count). The van der Waals surface area contributed by atoms with Crippen molar-refractivity contribution in [2.45, 2.75) is 209 Å². The van der Waals surface area contributed by atoms with E-state index in [1.807, 2.05) is 6.08 Å². The summed E-state index contributed by atoms with van der Waals surface area (Å²) in [5.74, 6) is -0.259. The third kappa shape index (κ3) is 19.9. The fraction of sp³-hybridized carbons (Fsp3) is 0.837. The van der Waals surface area contributed by atoms with Crippen LogP contribution in [0.25, 0.3) is 0 Å². The second kappa shape index (κ2) is 31.1. The molecule has 2 aliphatic rings. The standard InChI is InChI=1S/C43H77NO13/c1-3-5-7-9-11-13-15-17-19-21-23-25-27-35(48)44-31(32(47)26-24-22-20-18-16-14-12-10-8-6-4-2)30-54-42-40(53)38(51)41(34(29-46)56-42)57-43-39(52)37(50)36(49)33(28-45)55-43/h8,10,16,18,24,26,31-34,36-43,45-47,49-53H,3-7,9,11-15,17,19-23,25,27-30H2,1-2H3,(H,44,48)/b10-8+,18-16+,26-24+. The van der Waals surface area contributed by atoms with E-state index >= 15 is 0 Å². The second-order valence-corrected chi connectivity index (χ2v) is 15.5. The summed E-state index contributed by atoms with van der Waals surface area (Å²) in [6.45, 7) is 2.64. The molecule has 332 valence electrons. The van der Waals surface area contributed by atoms with Gasteiger partial charge >= 0.3 is 0 Å². The van der Waals surface area contributed by atoms with Gasteiger partial charge in [0.1, 0.15) is 48.8 Å². The maximum atomic E-state index is 13.0. The summed E-state index contributed by atoms with van der Waals surface area (Å²) in [5.41, 5.74) is 0. The fourth-order valence-electron chi connectivity index (χ4n) is 6.92. The summed E-state index contributed by atoms with van der Waals surface area (Å²) in [6.07, 6.45) is 14.9. The molecule has 0 bridgehead atoms. The molecule has 0 radical (unpaired) electrons. The van der Waals surface area contributed by atoms with Gasteiger partial charge in [-0.2, -0.15) is 0 Å². The van der Waals surface area contributed by atoms with Crippen molar-refractivity contribution in [3.63, 3.8) is 0 Å². The lowest BCUT2D eigenvalue weighted by Gasteiger charge is -2.46. The Morgan fingerprint density at radius 3 is 1.68 bits per heavy atom. The van der Waals surface area contributed by atoms with Crippen molar-refractivity contribution >= 4 is 5.91 Å². The van der Waals surface area contributed by atoms with Gasteiger partial charge in [0.25, 0.3) is 0 Å². The van der Waals surface area contributed by atoms with Gasteiger partial charge < -0.3 is 65.1 Å². The van der Waals surface area contributed by atoms with E-state index in [1.54, 1.807) is 6.08 Å². The highest BCUT2D eigenvalue weighted by molar-refractivity contribution is 5.76. The van der Waals surface area contributed by atoms with Gasteiger partial charge in [0.05, 0.1) is 32.0 Å². The molecule has 0 aromatic heterocycles. The molecule has 0 aromatic carbocycles. The summed E-state index contributed by atoms with van der Waals surface area (Å²) < 4.78 is 22.5. The van der Waals surface area contributed by atoms with E-state index < -0.39 is 86.8 Å². The fourth-order valence-corrected chi connectivity index (χ4v) is 6.92. The molecule has 9 N–H and O–H groups in total. The van der Waals surface area contributed by atoms with Crippen molar-refractivity contribution in [3.8, 4) is 0 Å². The summed E-state index contributed by atoms with van der Waals surface area (Å²) in [4.78, 5) is 13.0. The lowest BCUT2D eigenvalue weighted by Crippen LogP contribution is -2.65. The molecule has 0 saturated carbocycles. The number of amides is 1. The van der Waals surface area contributed by atoms with Crippen LogP contribution in [-0.2, 0) is 23.7 Å². The average molecular weight is 816 g/mol. The van der Waals surface area contributed by atoms with Crippen LogP contribution in [0.5, 0.6) is 0 Å². The maximum absolute atomic E-state index is 13.0. The molecule has 2 aliphatic heterocycles. The van der Waals surface area contributed by atoms with Crippen LogP contribution < -0.4 is 5.32 Å². The van der Waals surface area contributed by atoms with Crippen molar-refractivity contribution in [2.24, 2.45) is 0 Å². The SMILES string of the molecule is CCC/C=C/CC/C=C/CC/C=C/C(O)C(COC1OC(CO)C(OC2OC(CO)C(O)C(O)C2O)C(O)C1O)NC(=O)CCCCCCCCCCCCCC. The highest BCUT2D eigenvalue weighted by atomic mass is 16.7. The first kappa shape index (κ1) is 51.4. The van der Waals surface area contributed by atoms with Gasteiger partial charge in [-0.15, -0.1) is 0 Å². The molecule has 14 heteroatoms. The van der Waals surface area contributed by atoms with Gasteiger partial charge in [0.2, 0.25) is 5.91 Å². The van der Waals surface area contributed by atoms with Crippen LogP contribution in [0.4, 0.5) is 0 Å². The Morgan fingerprint density at radius 1 is 0.614 bits per heavy atom. The van der Waals surface area contributed by atoms with E-state index in [0.717, 1.165) is 51.4 Å². The molecular formula is C43H77NO13. The van der Waals surface area contributed by atoms with Gasteiger partial charge in [-0.05, 0) is 38.5 Å². The Bertz CT molecular complexity index is 1100. The Balaban J connectivity index is 1.95. The zero-order valence-electron chi connectivity index (χ0n) is 34.6. The van der Waals surface area contributed by atoms with Crippen LogP contribution in [0.2, 0.25) is 0 Å². The molecule has 2 heterocycles. The van der Waals surface area contributed by atoms with Crippen molar-refractivity contribution in [3.05, 3.63) is 36.5 Å². The number of hydrogen-bond donors (Lipinski definition) is 9. The molecule has 2 saturated heterocycles. The number of carbonyl (C=O) groups is 1. The van der Waals surface area contributed by atoms with E-state index in [0.29, 0.717) is 12.8 Å². The lowest BCUT2D eigenvalue weighted by molar-refractivity contribution is -0.359. The van der Waals surface area contributed by atoms with Gasteiger partial charge in [-0.1, -0.05) is 127 Å². The van der Waals surface area contributed by atoms with Crippen LogP contribution in [0.15, 0.2) is 36.5 Å². The topological polar surface area (TPSA) is 228 Å². The first-order valence-electron chi connectivity index (χ1n) is 21.7. The van der Waals surface area contributed by atoms with E-state index in [1.165, 1.54) is 51.4 Å². The van der Waals surface area contributed by atoms with Crippen LogP contribution in [0, 0.1) is 0 Å². The number of aliphatic hydroxyl groups excluding tert-OH is 8. The van der Waals surface area contributed by atoms with Crippen molar-refractivity contribution in [1.82, 2.24) is 5.32 Å². The molecule has 14 nitrogen and oxygen atoms in total. The van der Waals surface area contributed by atoms with E-state index in [2.05, 4.69) is 43.5 Å². The summed E-state index contributed by atoms with van der Waals surface area (Å²) in [5, 5.41) is 86.2. The first-order chi connectivity index (χ1) is 27.6. The molecule has 2 fully saturated rings. The van der Waals surface area contributed by atoms with Crippen LogP contribution >= 0.6 is 0 Å². The molecule has 57 heavy (non-hydrogen) atoms. The first-order valence-corrected chi connectivity index (χ1v) is 21.7. The number of unbranched alkanes of at least 4 members (excludes halogenated alkanes) is 14. The van der Waals surface area contributed by atoms with Crippen LogP contribution in [0.3, 0.4) is 0 Å². The zero-order chi connectivity index (χ0) is 41.8. The highest BCUT2D eigenvalue weighted by Crippen LogP contribution is 2.30.